The van der Waals surface area contributed by atoms with Crippen molar-refractivity contribution in [2.24, 2.45) is 0 Å². The highest BCUT2D eigenvalue weighted by molar-refractivity contribution is 9.10. The van der Waals surface area contributed by atoms with E-state index in [1.807, 2.05) is 18.2 Å². The van der Waals surface area contributed by atoms with Crippen LogP contribution in [0.5, 0.6) is 0 Å². The van der Waals surface area contributed by atoms with E-state index in [-0.39, 0.29) is 0 Å². The first-order valence-electron chi connectivity index (χ1n) is 3.47. The lowest BCUT2D eigenvalue weighted by atomic mass is 10.2. The van der Waals surface area contributed by atoms with Crippen LogP contribution in [0.1, 0.15) is 0 Å². The molecule has 1 heterocycles. The molecule has 0 bridgehead atoms. The molecule has 0 fully saturated rings. The molecule has 0 unspecified atom stereocenters. The summed E-state index contributed by atoms with van der Waals surface area (Å²) in [5.74, 6) is -0.444. The van der Waals surface area contributed by atoms with Crippen molar-refractivity contribution in [2.45, 2.75) is 0 Å². The Bertz CT molecular complexity index is 428. The molecule has 0 aliphatic rings. The highest BCUT2D eigenvalue weighted by atomic mass is 79.9. The van der Waals surface area contributed by atoms with E-state index in [0.717, 1.165) is 15.2 Å². The lowest BCUT2D eigenvalue weighted by Crippen LogP contribution is -1.82. The third kappa shape index (κ3) is 1.20. The lowest BCUT2D eigenvalue weighted by molar-refractivity contribution is 0.586. The maximum absolute atomic E-state index is 12.6. The van der Waals surface area contributed by atoms with Crippen molar-refractivity contribution < 1.29 is 4.39 Å². The molecule has 3 heteroatoms. The smallest absolute Gasteiger partial charge is 0.213 e. The summed E-state index contributed by atoms with van der Waals surface area (Å²) in [6.07, 6.45) is 1.52. The Labute approximate surface area is 77.4 Å². The van der Waals surface area contributed by atoms with Crippen LogP contribution in [0, 0.1) is 5.95 Å². The highest BCUT2D eigenvalue weighted by Crippen LogP contribution is 2.22. The van der Waals surface area contributed by atoms with Gasteiger partial charge in [-0.2, -0.15) is 4.39 Å². The van der Waals surface area contributed by atoms with Crippen molar-refractivity contribution in [2.75, 3.05) is 0 Å². The summed E-state index contributed by atoms with van der Waals surface area (Å²) >= 11 is 3.36. The zero-order valence-corrected chi connectivity index (χ0v) is 7.68. The van der Waals surface area contributed by atoms with Gasteiger partial charge in [-0.1, -0.05) is 28.1 Å². The standard InChI is InChI=1S/C9H5BrFN/c10-8-3-1-2-6-4-9(11)12-5-7(6)8/h1-5H. The fourth-order valence-electron chi connectivity index (χ4n) is 1.11. The SMILES string of the molecule is Fc1cc2cccc(Br)c2cn1. The van der Waals surface area contributed by atoms with E-state index in [9.17, 15) is 4.39 Å². The summed E-state index contributed by atoms with van der Waals surface area (Å²) < 4.78 is 13.6. The topological polar surface area (TPSA) is 12.9 Å². The van der Waals surface area contributed by atoms with Gasteiger partial charge in [-0.3, -0.25) is 0 Å². The maximum Gasteiger partial charge on any atom is 0.213 e. The number of fused-ring (bicyclic) bond motifs is 1. The molecular weight excluding hydrogens is 221 g/mol. The third-order valence-corrected chi connectivity index (χ3v) is 2.37. The first-order chi connectivity index (χ1) is 5.77. The summed E-state index contributed by atoms with van der Waals surface area (Å²) in [6, 6.07) is 7.04. The van der Waals surface area contributed by atoms with E-state index in [4.69, 9.17) is 0 Å². The number of rotatable bonds is 0. The highest BCUT2D eigenvalue weighted by Gasteiger charge is 1.98. The zero-order chi connectivity index (χ0) is 8.55. The summed E-state index contributed by atoms with van der Waals surface area (Å²) in [5, 5.41) is 1.79. The van der Waals surface area contributed by atoms with Crippen LogP contribution in [0.3, 0.4) is 0 Å². The van der Waals surface area contributed by atoms with E-state index in [2.05, 4.69) is 20.9 Å². The predicted octanol–water partition coefficient (Wildman–Crippen LogP) is 3.14. The minimum atomic E-state index is -0.444. The fraction of sp³-hybridized carbons (Fsp3) is 0. The third-order valence-electron chi connectivity index (χ3n) is 1.68. The van der Waals surface area contributed by atoms with Crippen molar-refractivity contribution in [1.29, 1.82) is 0 Å². The Hall–Kier alpha value is -0.960. The van der Waals surface area contributed by atoms with Gasteiger partial charge in [0.15, 0.2) is 0 Å². The number of halogens is 2. The molecule has 0 aliphatic heterocycles. The molecule has 0 atom stereocenters. The van der Waals surface area contributed by atoms with Crippen LogP contribution in [-0.2, 0) is 0 Å². The van der Waals surface area contributed by atoms with Crippen LogP contribution in [0.25, 0.3) is 10.8 Å². The van der Waals surface area contributed by atoms with E-state index in [0.29, 0.717) is 0 Å². The van der Waals surface area contributed by atoms with E-state index < -0.39 is 5.95 Å². The Balaban J connectivity index is 2.86. The molecule has 60 valence electrons. The predicted molar refractivity (Wildman–Crippen MR) is 49.4 cm³/mol. The monoisotopic (exact) mass is 225 g/mol. The molecule has 0 aliphatic carbocycles. The molecule has 1 aromatic heterocycles. The van der Waals surface area contributed by atoms with Gasteiger partial charge in [-0.25, -0.2) is 4.98 Å². The van der Waals surface area contributed by atoms with E-state index in [1.54, 1.807) is 0 Å². The fourth-order valence-corrected chi connectivity index (χ4v) is 1.59. The normalized spacial score (nSPS) is 10.5. The number of hydrogen-bond donors (Lipinski definition) is 0. The van der Waals surface area contributed by atoms with Crippen molar-refractivity contribution in [3.8, 4) is 0 Å². The first kappa shape index (κ1) is 7.68. The molecule has 0 spiro atoms. The minimum Gasteiger partial charge on any atom is -0.228 e. The Morgan fingerprint density at radius 2 is 2.17 bits per heavy atom. The van der Waals surface area contributed by atoms with Crippen molar-refractivity contribution in [3.05, 3.63) is 40.9 Å². The molecule has 0 N–H and O–H groups in total. The minimum absolute atomic E-state index is 0.444. The van der Waals surface area contributed by atoms with Gasteiger partial charge in [0, 0.05) is 22.1 Å². The average molecular weight is 226 g/mol. The summed E-state index contributed by atoms with van der Waals surface area (Å²) in [5.41, 5.74) is 0. The molecule has 2 aromatic rings. The summed E-state index contributed by atoms with van der Waals surface area (Å²) in [6.45, 7) is 0. The molecule has 0 radical (unpaired) electrons. The van der Waals surface area contributed by atoms with E-state index >= 15 is 0 Å². The second-order valence-electron chi connectivity index (χ2n) is 2.47. The number of aromatic nitrogens is 1. The molecular formula is C9H5BrFN. The molecule has 1 aromatic carbocycles. The van der Waals surface area contributed by atoms with Crippen LogP contribution in [0.2, 0.25) is 0 Å². The number of benzene rings is 1. The van der Waals surface area contributed by atoms with Gasteiger partial charge < -0.3 is 0 Å². The van der Waals surface area contributed by atoms with Crippen LogP contribution in [-0.4, -0.2) is 4.98 Å². The quantitative estimate of drug-likeness (QED) is 0.629. The van der Waals surface area contributed by atoms with Crippen molar-refractivity contribution in [1.82, 2.24) is 4.98 Å². The summed E-state index contributed by atoms with van der Waals surface area (Å²) in [4.78, 5) is 3.57. The van der Waals surface area contributed by atoms with Gasteiger partial charge >= 0.3 is 0 Å². The van der Waals surface area contributed by atoms with Gasteiger partial charge in [0.1, 0.15) is 0 Å². The number of hydrogen-bond acceptors (Lipinski definition) is 1. The van der Waals surface area contributed by atoms with E-state index in [1.165, 1.54) is 12.3 Å². The van der Waals surface area contributed by atoms with Crippen molar-refractivity contribution >= 4 is 26.7 Å². The van der Waals surface area contributed by atoms with Gasteiger partial charge in [0.25, 0.3) is 0 Å². The van der Waals surface area contributed by atoms with Gasteiger partial charge in [0.05, 0.1) is 0 Å². The zero-order valence-electron chi connectivity index (χ0n) is 6.09. The van der Waals surface area contributed by atoms with Crippen LogP contribution >= 0.6 is 15.9 Å². The summed E-state index contributed by atoms with van der Waals surface area (Å²) in [7, 11) is 0. The molecule has 0 saturated carbocycles. The second-order valence-corrected chi connectivity index (χ2v) is 3.32. The Kier molecular flexibility index (Phi) is 1.81. The molecule has 12 heavy (non-hydrogen) atoms. The first-order valence-corrected chi connectivity index (χ1v) is 4.26. The molecule has 1 nitrogen and oxygen atoms in total. The van der Waals surface area contributed by atoms with Gasteiger partial charge in [-0.05, 0) is 11.5 Å². The second kappa shape index (κ2) is 2.83. The van der Waals surface area contributed by atoms with Crippen LogP contribution in [0.4, 0.5) is 4.39 Å². The van der Waals surface area contributed by atoms with Crippen LogP contribution in [0.15, 0.2) is 34.9 Å². The largest absolute Gasteiger partial charge is 0.228 e. The van der Waals surface area contributed by atoms with Crippen LogP contribution < -0.4 is 0 Å². The van der Waals surface area contributed by atoms with Gasteiger partial charge in [-0.15, -0.1) is 0 Å². The Morgan fingerprint density at radius 3 is 3.00 bits per heavy atom. The Morgan fingerprint density at radius 1 is 1.33 bits per heavy atom. The van der Waals surface area contributed by atoms with Gasteiger partial charge in [0.2, 0.25) is 5.95 Å². The maximum atomic E-state index is 12.6. The lowest BCUT2D eigenvalue weighted by Gasteiger charge is -1.98. The number of nitrogens with zero attached hydrogens (tertiary/aromatic N) is 1. The average Bonchev–Trinajstić information content (AvgIpc) is 2.04. The number of pyridine rings is 1. The molecule has 2 rings (SSSR count). The van der Waals surface area contributed by atoms with Crippen molar-refractivity contribution in [3.63, 3.8) is 0 Å². The molecule has 0 amide bonds. The molecule has 0 saturated heterocycles.